The largest absolute Gasteiger partial charge is 0.368 e. The van der Waals surface area contributed by atoms with E-state index in [9.17, 15) is 0 Å². The van der Waals surface area contributed by atoms with Gasteiger partial charge in [-0.1, -0.05) is 30.3 Å². The lowest BCUT2D eigenvalue weighted by molar-refractivity contribution is 0.930. The van der Waals surface area contributed by atoms with Gasteiger partial charge in [0, 0.05) is 25.7 Å². The second-order valence-corrected chi connectivity index (χ2v) is 4.83. The van der Waals surface area contributed by atoms with Crippen molar-refractivity contribution in [1.82, 2.24) is 9.97 Å². The van der Waals surface area contributed by atoms with Crippen molar-refractivity contribution in [2.45, 2.75) is 13.0 Å². The maximum Gasteiger partial charge on any atom is 0.223 e. The molecule has 1 aromatic heterocycles. The first kappa shape index (κ1) is 12.7. The third-order valence-corrected chi connectivity index (χ3v) is 3.32. The van der Waals surface area contributed by atoms with Crippen molar-refractivity contribution in [3.8, 4) is 0 Å². The van der Waals surface area contributed by atoms with Crippen molar-refractivity contribution in [1.29, 1.82) is 0 Å². The van der Waals surface area contributed by atoms with Gasteiger partial charge < -0.3 is 16.0 Å². The van der Waals surface area contributed by atoms with Crippen LogP contribution in [0.3, 0.4) is 0 Å². The fourth-order valence-corrected chi connectivity index (χ4v) is 2.29. The van der Waals surface area contributed by atoms with Crippen LogP contribution < -0.4 is 16.0 Å². The number of nitrogens with zero attached hydrogens (tertiary/aromatic N) is 3. The van der Waals surface area contributed by atoms with Crippen LogP contribution in [0.25, 0.3) is 0 Å². The Kier molecular flexibility index (Phi) is 3.67. The van der Waals surface area contributed by atoms with Crippen LogP contribution in [0, 0.1) is 6.42 Å². The van der Waals surface area contributed by atoms with Crippen LogP contribution in [-0.2, 0) is 6.54 Å². The zero-order chi connectivity index (χ0) is 13.8. The van der Waals surface area contributed by atoms with Crippen LogP contribution in [0.4, 0.5) is 17.6 Å². The third-order valence-electron chi connectivity index (χ3n) is 3.32. The Labute approximate surface area is 118 Å². The van der Waals surface area contributed by atoms with Crippen LogP contribution in [0.1, 0.15) is 12.0 Å². The smallest absolute Gasteiger partial charge is 0.223 e. The maximum absolute atomic E-state index is 5.80. The van der Waals surface area contributed by atoms with Gasteiger partial charge >= 0.3 is 0 Å². The molecule has 2 heterocycles. The van der Waals surface area contributed by atoms with Gasteiger partial charge in [0.2, 0.25) is 5.95 Å². The third kappa shape index (κ3) is 2.99. The number of nitrogens with one attached hydrogen (secondary N) is 1. The molecule has 1 aromatic carbocycles. The molecule has 5 heteroatoms. The molecule has 2 aromatic rings. The van der Waals surface area contributed by atoms with Crippen molar-refractivity contribution in [2.24, 2.45) is 0 Å². The highest BCUT2D eigenvalue weighted by Crippen LogP contribution is 2.21. The number of aromatic nitrogens is 2. The van der Waals surface area contributed by atoms with Crippen LogP contribution in [0.5, 0.6) is 0 Å². The van der Waals surface area contributed by atoms with E-state index in [0.717, 1.165) is 37.7 Å². The summed E-state index contributed by atoms with van der Waals surface area (Å²) in [5.41, 5.74) is 7.01. The molecule has 20 heavy (non-hydrogen) atoms. The number of rotatable bonds is 4. The number of anilines is 3. The number of nitrogen functional groups attached to an aromatic ring is 1. The van der Waals surface area contributed by atoms with E-state index < -0.39 is 0 Å². The van der Waals surface area contributed by atoms with Crippen molar-refractivity contribution in [3.63, 3.8) is 0 Å². The van der Waals surface area contributed by atoms with E-state index in [2.05, 4.69) is 38.7 Å². The van der Waals surface area contributed by atoms with Gasteiger partial charge in [0.15, 0.2) is 0 Å². The highest BCUT2D eigenvalue weighted by molar-refractivity contribution is 5.53. The van der Waals surface area contributed by atoms with Gasteiger partial charge in [-0.15, -0.1) is 0 Å². The van der Waals surface area contributed by atoms with Gasteiger partial charge in [-0.05, 0) is 18.4 Å². The quantitative estimate of drug-likeness (QED) is 0.888. The fourth-order valence-electron chi connectivity index (χ4n) is 2.29. The molecule has 0 spiro atoms. The molecule has 1 radical (unpaired) electrons. The zero-order valence-electron chi connectivity index (χ0n) is 11.3. The van der Waals surface area contributed by atoms with Gasteiger partial charge in [0.1, 0.15) is 11.6 Å². The van der Waals surface area contributed by atoms with E-state index in [4.69, 9.17) is 5.73 Å². The predicted molar refractivity (Wildman–Crippen MR) is 81.3 cm³/mol. The van der Waals surface area contributed by atoms with Gasteiger partial charge in [-0.25, -0.2) is 0 Å². The molecule has 0 saturated carbocycles. The molecule has 0 amide bonds. The van der Waals surface area contributed by atoms with E-state index >= 15 is 0 Å². The number of hydrogen-bond acceptors (Lipinski definition) is 5. The summed E-state index contributed by atoms with van der Waals surface area (Å²) in [5.74, 6) is 1.97. The first-order chi connectivity index (χ1) is 9.81. The van der Waals surface area contributed by atoms with E-state index in [1.54, 1.807) is 0 Å². The van der Waals surface area contributed by atoms with Gasteiger partial charge in [-0.3, -0.25) is 0 Å². The second-order valence-electron chi connectivity index (χ2n) is 4.83. The molecule has 1 aliphatic rings. The summed E-state index contributed by atoms with van der Waals surface area (Å²) in [6.45, 7) is 2.64. The van der Waals surface area contributed by atoms with Crippen LogP contribution in [0.2, 0.25) is 0 Å². The SMILES string of the molecule is Nc1nc(NCc2ccccc2)cc(N2C[CH]CC2)n1. The van der Waals surface area contributed by atoms with Crippen molar-refractivity contribution >= 4 is 17.6 Å². The standard InChI is InChI=1S/C15H18N5/c16-15-18-13(17-11-12-6-2-1-3-7-12)10-14(19-15)20-8-4-5-9-20/h1-4,6-7,10H,5,8-9,11H2,(H3,16,17,18,19). The topological polar surface area (TPSA) is 67.1 Å². The Hall–Kier alpha value is -2.30. The highest BCUT2D eigenvalue weighted by Gasteiger charge is 2.15. The predicted octanol–water partition coefficient (Wildman–Crippen LogP) is 2.09. The van der Waals surface area contributed by atoms with Crippen molar-refractivity contribution in [2.75, 3.05) is 29.0 Å². The van der Waals surface area contributed by atoms with Gasteiger partial charge in [-0.2, -0.15) is 9.97 Å². The number of nitrogens with two attached hydrogens (primary N) is 1. The Morgan fingerprint density at radius 3 is 2.80 bits per heavy atom. The monoisotopic (exact) mass is 268 g/mol. The molecule has 0 aliphatic carbocycles. The van der Waals surface area contributed by atoms with Crippen LogP contribution >= 0.6 is 0 Å². The summed E-state index contributed by atoms with van der Waals surface area (Å²) in [6, 6.07) is 12.2. The van der Waals surface area contributed by atoms with E-state index in [1.807, 2.05) is 24.3 Å². The molecule has 3 N–H and O–H groups in total. The number of hydrogen-bond donors (Lipinski definition) is 2. The first-order valence-electron chi connectivity index (χ1n) is 6.80. The Morgan fingerprint density at radius 1 is 1.20 bits per heavy atom. The van der Waals surface area contributed by atoms with Crippen LogP contribution in [-0.4, -0.2) is 23.1 Å². The zero-order valence-corrected chi connectivity index (χ0v) is 11.3. The minimum absolute atomic E-state index is 0.310. The molecule has 0 bridgehead atoms. The molecule has 3 rings (SSSR count). The summed E-state index contributed by atoms with van der Waals surface area (Å²) in [4.78, 5) is 10.7. The van der Waals surface area contributed by atoms with Gasteiger partial charge in [0.25, 0.3) is 0 Å². The molecular weight excluding hydrogens is 250 g/mol. The molecule has 0 atom stereocenters. The Balaban J connectivity index is 1.72. The summed E-state index contributed by atoms with van der Waals surface area (Å²) < 4.78 is 0. The van der Waals surface area contributed by atoms with Crippen LogP contribution in [0.15, 0.2) is 36.4 Å². The summed E-state index contributed by atoms with van der Waals surface area (Å²) in [6.07, 6.45) is 3.34. The second kappa shape index (κ2) is 5.77. The summed E-state index contributed by atoms with van der Waals surface area (Å²) in [7, 11) is 0. The van der Waals surface area contributed by atoms with E-state index in [-0.39, 0.29) is 0 Å². The molecule has 5 nitrogen and oxygen atoms in total. The summed E-state index contributed by atoms with van der Waals surface area (Å²) >= 11 is 0. The normalized spacial score (nSPS) is 14.5. The Morgan fingerprint density at radius 2 is 2.05 bits per heavy atom. The van der Waals surface area contributed by atoms with Crippen molar-refractivity contribution in [3.05, 3.63) is 48.4 Å². The maximum atomic E-state index is 5.80. The first-order valence-corrected chi connectivity index (χ1v) is 6.80. The summed E-state index contributed by atoms with van der Waals surface area (Å²) in [5, 5.41) is 3.30. The highest BCUT2D eigenvalue weighted by atomic mass is 15.2. The van der Waals surface area contributed by atoms with Crippen molar-refractivity contribution < 1.29 is 0 Å². The molecule has 1 fully saturated rings. The van der Waals surface area contributed by atoms with Gasteiger partial charge in [0.05, 0.1) is 0 Å². The average molecular weight is 268 g/mol. The lowest BCUT2D eigenvalue weighted by atomic mass is 10.2. The lowest BCUT2D eigenvalue weighted by Gasteiger charge is -2.17. The number of benzene rings is 1. The molecule has 0 unspecified atom stereocenters. The minimum atomic E-state index is 0.310. The molecule has 103 valence electrons. The minimum Gasteiger partial charge on any atom is -0.368 e. The van der Waals surface area contributed by atoms with E-state index in [0.29, 0.717) is 5.95 Å². The average Bonchev–Trinajstić information content (AvgIpc) is 3.00. The molecule has 1 saturated heterocycles. The van der Waals surface area contributed by atoms with E-state index in [1.165, 1.54) is 5.56 Å². The fraction of sp³-hybridized carbons (Fsp3) is 0.267. The Bertz CT molecular complexity index is 564. The lowest BCUT2D eigenvalue weighted by Crippen LogP contribution is -2.20. The molecule has 1 aliphatic heterocycles. The molecular formula is C15H18N5.